The summed E-state index contributed by atoms with van der Waals surface area (Å²) in [5.41, 5.74) is 4.20. The minimum absolute atomic E-state index is 0.0189. The second-order valence-corrected chi connectivity index (χ2v) is 6.73. The minimum atomic E-state index is 0.0189. The Morgan fingerprint density at radius 2 is 1.88 bits per heavy atom. The number of nitrogens with zero attached hydrogens (tertiary/aromatic N) is 4. The van der Waals surface area contributed by atoms with Gasteiger partial charge in [0.05, 0.1) is 16.6 Å². The van der Waals surface area contributed by atoms with Crippen molar-refractivity contribution in [3.05, 3.63) is 58.9 Å². The van der Waals surface area contributed by atoms with Gasteiger partial charge in [-0.1, -0.05) is 30.3 Å². The lowest BCUT2D eigenvalue weighted by atomic mass is 10.1. The van der Waals surface area contributed by atoms with Gasteiger partial charge >= 0.3 is 0 Å². The molecule has 5 heteroatoms. The highest BCUT2D eigenvalue weighted by Crippen LogP contribution is 2.24. The van der Waals surface area contributed by atoms with E-state index >= 15 is 0 Å². The molecule has 25 heavy (non-hydrogen) atoms. The fraction of sp³-hybridized carbons (Fsp3) is 0.350. The van der Waals surface area contributed by atoms with Gasteiger partial charge in [-0.25, -0.2) is 4.98 Å². The van der Waals surface area contributed by atoms with Gasteiger partial charge in [-0.15, -0.1) is 0 Å². The molecule has 1 amide bonds. The van der Waals surface area contributed by atoms with Gasteiger partial charge in [0.1, 0.15) is 0 Å². The number of rotatable bonds is 4. The molecule has 0 saturated heterocycles. The van der Waals surface area contributed by atoms with E-state index in [0.717, 1.165) is 28.0 Å². The molecule has 0 fully saturated rings. The summed E-state index contributed by atoms with van der Waals surface area (Å²) < 4.78 is 1.74. The zero-order valence-corrected chi connectivity index (χ0v) is 15.4. The number of carbonyl (C=O) groups excluding carboxylic acids is 1. The number of hydrogen-bond acceptors (Lipinski definition) is 3. The molecule has 0 N–H and O–H groups in total. The standard InChI is InChI=1S/C20H24N4O/c1-13(2)24(12-16-9-7-6-8-10-16)20(25)17-11-14(3)21-19-18(17)15(4)22-23(19)5/h6-11,13H,12H2,1-5H3. The van der Waals surface area contributed by atoms with Gasteiger partial charge in [-0.05, 0) is 39.3 Å². The molecule has 5 nitrogen and oxygen atoms in total. The van der Waals surface area contributed by atoms with Crippen LogP contribution in [0.2, 0.25) is 0 Å². The van der Waals surface area contributed by atoms with Crippen LogP contribution in [0.1, 0.15) is 41.2 Å². The molecule has 0 unspecified atom stereocenters. The van der Waals surface area contributed by atoms with E-state index in [1.165, 1.54) is 0 Å². The Bertz CT molecular complexity index is 912. The lowest BCUT2D eigenvalue weighted by molar-refractivity contribution is 0.0692. The first-order chi connectivity index (χ1) is 11.9. The monoisotopic (exact) mass is 336 g/mol. The van der Waals surface area contributed by atoms with Gasteiger partial charge in [0.15, 0.2) is 5.65 Å². The summed E-state index contributed by atoms with van der Waals surface area (Å²) in [6.07, 6.45) is 0. The normalized spacial score (nSPS) is 11.3. The molecule has 1 aromatic carbocycles. The maximum Gasteiger partial charge on any atom is 0.255 e. The maximum atomic E-state index is 13.4. The Kier molecular flexibility index (Phi) is 4.57. The molecule has 3 aromatic rings. The summed E-state index contributed by atoms with van der Waals surface area (Å²) in [5.74, 6) is 0.0189. The van der Waals surface area contributed by atoms with Crippen molar-refractivity contribution in [2.45, 2.75) is 40.3 Å². The third-order valence-corrected chi connectivity index (χ3v) is 4.41. The highest BCUT2D eigenvalue weighted by molar-refractivity contribution is 6.06. The van der Waals surface area contributed by atoms with E-state index in [2.05, 4.69) is 10.1 Å². The van der Waals surface area contributed by atoms with Crippen LogP contribution in [0.5, 0.6) is 0 Å². The van der Waals surface area contributed by atoms with Crippen LogP contribution in [-0.4, -0.2) is 31.6 Å². The highest BCUT2D eigenvalue weighted by Gasteiger charge is 2.24. The Morgan fingerprint density at radius 3 is 2.52 bits per heavy atom. The first-order valence-electron chi connectivity index (χ1n) is 8.54. The average molecular weight is 336 g/mol. The number of carbonyl (C=O) groups is 1. The summed E-state index contributed by atoms with van der Waals surface area (Å²) in [6.45, 7) is 8.51. The molecular formula is C20H24N4O. The summed E-state index contributed by atoms with van der Waals surface area (Å²) in [7, 11) is 1.86. The third kappa shape index (κ3) is 3.27. The Morgan fingerprint density at radius 1 is 1.20 bits per heavy atom. The predicted octanol–water partition coefficient (Wildman–Crippen LogP) is 3.64. The Balaban J connectivity index is 2.07. The van der Waals surface area contributed by atoms with Crippen molar-refractivity contribution in [3.63, 3.8) is 0 Å². The lowest BCUT2D eigenvalue weighted by Crippen LogP contribution is -2.36. The number of pyridine rings is 1. The van der Waals surface area contributed by atoms with E-state index in [1.54, 1.807) is 4.68 Å². The molecule has 0 bridgehead atoms. The van der Waals surface area contributed by atoms with Crippen molar-refractivity contribution in [1.82, 2.24) is 19.7 Å². The lowest BCUT2D eigenvalue weighted by Gasteiger charge is -2.27. The number of fused-ring (bicyclic) bond motifs is 1. The number of benzene rings is 1. The molecule has 0 saturated carbocycles. The number of aryl methyl sites for hydroxylation is 3. The van der Waals surface area contributed by atoms with E-state index in [1.807, 2.05) is 76.0 Å². The van der Waals surface area contributed by atoms with E-state index in [-0.39, 0.29) is 11.9 Å². The summed E-state index contributed by atoms with van der Waals surface area (Å²) in [6, 6.07) is 12.0. The van der Waals surface area contributed by atoms with Crippen molar-refractivity contribution in [3.8, 4) is 0 Å². The molecule has 0 spiro atoms. The molecule has 0 aliphatic heterocycles. The van der Waals surface area contributed by atoms with Crippen LogP contribution in [0.4, 0.5) is 0 Å². The second-order valence-electron chi connectivity index (χ2n) is 6.73. The van der Waals surface area contributed by atoms with Gasteiger partial charge in [-0.2, -0.15) is 5.10 Å². The smallest absolute Gasteiger partial charge is 0.255 e. The average Bonchev–Trinajstić information content (AvgIpc) is 2.86. The van der Waals surface area contributed by atoms with Crippen molar-refractivity contribution < 1.29 is 4.79 Å². The van der Waals surface area contributed by atoms with Crippen LogP contribution in [0.15, 0.2) is 36.4 Å². The predicted molar refractivity (Wildman–Crippen MR) is 99.4 cm³/mol. The van der Waals surface area contributed by atoms with Crippen molar-refractivity contribution in [2.75, 3.05) is 0 Å². The summed E-state index contributed by atoms with van der Waals surface area (Å²) in [5, 5.41) is 5.29. The first-order valence-corrected chi connectivity index (χ1v) is 8.54. The van der Waals surface area contributed by atoms with Crippen LogP contribution >= 0.6 is 0 Å². The SMILES string of the molecule is Cc1cc(C(=O)N(Cc2ccccc2)C(C)C)c2c(C)nn(C)c2n1. The van der Waals surface area contributed by atoms with Crippen molar-refractivity contribution >= 4 is 16.9 Å². The zero-order valence-electron chi connectivity index (χ0n) is 15.4. The fourth-order valence-electron chi connectivity index (χ4n) is 3.16. The van der Waals surface area contributed by atoms with Gasteiger partial charge in [0.2, 0.25) is 0 Å². The molecule has 130 valence electrons. The van der Waals surface area contributed by atoms with Gasteiger partial charge in [0.25, 0.3) is 5.91 Å². The molecule has 3 rings (SSSR count). The van der Waals surface area contributed by atoms with Crippen LogP contribution in [-0.2, 0) is 13.6 Å². The molecule has 0 aliphatic carbocycles. The zero-order chi connectivity index (χ0) is 18.1. The summed E-state index contributed by atoms with van der Waals surface area (Å²) in [4.78, 5) is 19.8. The molecule has 0 aliphatic rings. The Hall–Kier alpha value is -2.69. The first kappa shape index (κ1) is 17.1. The van der Waals surface area contributed by atoms with Gasteiger partial charge in [0, 0.05) is 25.3 Å². The molecular weight excluding hydrogens is 312 g/mol. The van der Waals surface area contributed by atoms with Crippen LogP contribution in [0.3, 0.4) is 0 Å². The second kappa shape index (κ2) is 6.67. The maximum absolute atomic E-state index is 13.4. The number of hydrogen-bond donors (Lipinski definition) is 0. The van der Waals surface area contributed by atoms with Crippen LogP contribution in [0.25, 0.3) is 11.0 Å². The number of amides is 1. The van der Waals surface area contributed by atoms with Crippen LogP contribution < -0.4 is 0 Å². The highest BCUT2D eigenvalue weighted by atomic mass is 16.2. The minimum Gasteiger partial charge on any atom is -0.332 e. The van der Waals surface area contributed by atoms with E-state index < -0.39 is 0 Å². The fourth-order valence-corrected chi connectivity index (χ4v) is 3.16. The molecule has 0 radical (unpaired) electrons. The van der Waals surface area contributed by atoms with E-state index in [9.17, 15) is 4.79 Å². The topological polar surface area (TPSA) is 51.0 Å². The van der Waals surface area contributed by atoms with Crippen molar-refractivity contribution in [2.24, 2.45) is 7.05 Å². The third-order valence-electron chi connectivity index (χ3n) is 4.41. The van der Waals surface area contributed by atoms with Crippen molar-refractivity contribution in [1.29, 1.82) is 0 Å². The number of aromatic nitrogens is 3. The summed E-state index contributed by atoms with van der Waals surface area (Å²) >= 11 is 0. The van der Waals surface area contributed by atoms with Gasteiger partial charge < -0.3 is 4.90 Å². The van der Waals surface area contributed by atoms with E-state index in [0.29, 0.717) is 12.1 Å². The quantitative estimate of drug-likeness (QED) is 0.731. The largest absolute Gasteiger partial charge is 0.332 e. The molecule has 0 atom stereocenters. The molecule has 2 aromatic heterocycles. The van der Waals surface area contributed by atoms with E-state index in [4.69, 9.17) is 0 Å². The van der Waals surface area contributed by atoms with Crippen LogP contribution in [0, 0.1) is 13.8 Å². The molecule has 2 heterocycles. The Labute approximate surface area is 148 Å². The van der Waals surface area contributed by atoms with Gasteiger partial charge in [-0.3, -0.25) is 9.48 Å².